The van der Waals surface area contributed by atoms with Crippen molar-refractivity contribution in [3.05, 3.63) is 77.4 Å². The van der Waals surface area contributed by atoms with E-state index in [-0.39, 0.29) is 24.3 Å². The van der Waals surface area contributed by atoms with Gasteiger partial charge in [0.2, 0.25) is 0 Å². The molecule has 8 heteroatoms. The van der Waals surface area contributed by atoms with Crippen LogP contribution >= 0.6 is 0 Å². The Bertz CT molecular complexity index is 1170. The normalized spacial score (nSPS) is 16.5. The average Bonchev–Trinajstić information content (AvgIpc) is 2.84. The lowest BCUT2D eigenvalue weighted by molar-refractivity contribution is 0.0232. The van der Waals surface area contributed by atoms with Crippen LogP contribution in [0.3, 0.4) is 0 Å². The lowest BCUT2D eigenvalue weighted by Gasteiger charge is -2.30. The third-order valence-corrected chi connectivity index (χ3v) is 6.02. The quantitative estimate of drug-likeness (QED) is 0.583. The maximum Gasteiger partial charge on any atom is 0.256 e. The van der Waals surface area contributed by atoms with Crippen molar-refractivity contribution >= 4 is 5.91 Å². The second-order valence-electron chi connectivity index (χ2n) is 8.24. The number of fused-ring (bicyclic) bond motifs is 1. The van der Waals surface area contributed by atoms with Crippen LogP contribution in [0.15, 0.2) is 48.9 Å². The first-order chi connectivity index (χ1) is 16.1. The summed E-state index contributed by atoms with van der Waals surface area (Å²) in [7, 11) is 0. The van der Waals surface area contributed by atoms with Gasteiger partial charge in [-0.05, 0) is 29.8 Å². The van der Waals surface area contributed by atoms with Crippen molar-refractivity contribution in [3.8, 4) is 16.9 Å². The number of rotatable bonds is 5. The molecule has 2 aliphatic rings. The van der Waals surface area contributed by atoms with E-state index in [1.54, 1.807) is 23.5 Å². The minimum atomic E-state index is -0.761. The molecule has 0 radical (unpaired) electrons. The van der Waals surface area contributed by atoms with E-state index in [1.807, 2.05) is 18.2 Å². The fourth-order valence-electron chi connectivity index (χ4n) is 4.27. The molecule has 2 aliphatic heterocycles. The van der Waals surface area contributed by atoms with Crippen LogP contribution in [0.2, 0.25) is 0 Å². The summed E-state index contributed by atoms with van der Waals surface area (Å²) in [4.78, 5) is 23.4. The molecule has 0 bridgehead atoms. The number of nitrogens with zero attached hydrogens (tertiary/aromatic N) is 3. The zero-order valence-electron chi connectivity index (χ0n) is 18.0. The lowest BCUT2D eigenvalue weighted by Crippen LogP contribution is -2.38. The second-order valence-corrected chi connectivity index (χ2v) is 8.24. The van der Waals surface area contributed by atoms with Crippen LogP contribution in [0.4, 0.5) is 8.78 Å². The first-order valence-electron chi connectivity index (χ1n) is 11.0. The van der Waals surface area contributed by atoms with Crippen LogP contribution in [-0.2, 0) is 17.7 Å². The van der Waals surface area contributed by atoms with Gasteiger partial charge in [0.25, 0.3) is 5.91 Å². The maximum atomic E-state index is 14.7. The smallest absolute Gasteiger partial charge is 0.256 e. The van der Waals surface area contributed by atoms with Crippen LogP contribution in [0, 0.1) is 11.6 Å². The van der Waals surface area contributed by atoms with E-state index in [0.717, 1.165) is 22.9 Å². The van der Waals surface area contributed by atoms with Gasteiger partial charge in [-0.3, -0.25) is 14.8 Å². The van der Waals surface area contributed by atoms with E-state index in [2.05, 4.69) is 9.97 Å². The summed E-state index contributed by atoms with van der Waals surface area (Å²) in [6, 6.07) is 7.58. The molecule has 6 nitrogen and oxygen atoms in total. The van der Waals surface area contributed by atoms with Crippen LogP contribution in [-0.4, -0.2) is 46.6 Å². The van der Waals surface area contributed by atoms with Gasteiger partial charge in [0.05, 0.1) is 24.5 Å². The Morgan fingerprint density at radius 1 is 1.09 bits per heavy atom. The maximum absolute atomic E-state index is 14.7. The fourth-order valence-corrected chi connectivity index (χ4v) is 4.27. The second kappa shape index (κ2) is 9.23. The highest BCUT2D eigenvalue weighted by Crippen LogP contribution is 2.31. The summed E-state index contributed by atoms with van der Waals surface area (Å²) >= 11 is 0. The summed E-state index contributed by atoms with van der Waals surface area (Å²) in [5.41, 5.74) is 3.25. The standard InChI is InChI=1S/C25H23F2N3O3/c26-19-11-18(24(22(27)13-19)33-20-4-9-32-10-5-20)15-30-8-3-23-21(25(30)31)12-17(14-29-23)16-1-6-28-7-2-16/h1-2,6-7,11-14,20H,3-5,8-10,15H2. The molecule has 1 saturated heterocycles. The predicted octanol–water partition coefficient (Wildman–Crippen LogP) is 4.18. The Morgan fingerprint density at radius 3 is 2.67 bits per heavy atom. The highest BCUT2D eigenvalue weighted by Gasteiger charge is 2.28. The van der Waals surface area contributed by atoms with Crippen molar-refractivity contribution in [2.75, 3.05) is 19.8 Å². The number of hydrogen-bond donors (Lipinski definition) is 0. The topological polar surface area (TPSA) is 64.6 Å². The molecule has 33 heavy (non-hydrogen) atoms. The summed E-state index contributed by atoms with van der Waals surface area (Å²) in [5.74, 6) is -1.68. The highest BCUT2D eigenvalue weighted by molar-refractivity contribution is 5.97. The van der Waals surface area contributed by atoms with Gasteiger partial charge in [-0.2, -0.15) is 0 Å². The van der Waals surface area contributed by atoms with E-state index < -0.39 is 11.6 Å². The van der Waals surface area contributed by atoms with Crippen molar-refractivity contribution in [2.24, 2.45) is 0 Å². The molecule has 170 valence electrons. The molecule has 4 heterocycles. The third-order valence-electron chi connectivity index (χ3n) is 6.02. The number of carbonyl (C=O) groups excluding carboxylic acids is 1. The average molecular weight is 451 g/mol. The zero-order valence-corrected chi connectivity index (χ0v) is 18.0. The number of ether oxygens (including phenoxy) is 2. The molecule has 0 atom stereocenters. The van der Waals surface area contributed by atoms with Crippen LogP contribution in [0.5, 0.6) is 5.75 Å². The van der Waals surface area contributed by atoms with E-state index in [9.17, 15) is 13.6 Å². The van der Waals surface area contributed by atoms with Crippen LogP contribution in [0.25, 0.3) is 11.1 Å². The number of hydrogen-bond acceptors (Lipinski definition) is 5. The molecule has 0 saturated carbocycles. The Labute approximate surface area is 190 Å². The van der Waals surface area contributed by atoms with Gasteiger partial charge in [0.15, 0.2) is 11.6 Å². The van der Waals surface area contributed by atoms with E-state index >= 15 is 0 Å². The number of carbonyl (C=O) groups is 1. The molecule has 0 N–H and O–H groups in total. The number of pyridine rings is 2. The SMILES string of the molecule is O=C1c2cc(-c3ccncc3)cnc2CCN1Cc1cc(F)cc(F)c1OC1CCOCC1. The Kier molecular flexibility index (Phi) is 6.00. The predicted molar refractivity (Wildman–Crippen MR) is 117 cm³/mol. The van der Waals surface area contributed by atoms with Crippen molar-refractivity contribution in [3.63, 3.8) is 0 Å². The van der Waals surface area contributed by atoms with Crippen LogP contribution < -0.4 is 4.74 Å². The molecule has 2 aromatic heterocycles. The largest absolute Gasteiger partial charge is 0.487 e. The molecular weight excluding hydrogens is 428 g/mol. The lowest BCUT2D eigenvalue weighted by atomic mass is 9.99. The zero-order chi connectivity index (χ0) is 22.8. The number of benzene rings is 1. The first-order valence-corrected chi connectivity index (χ1v) is 11.0. The van der Waals surface area contributed by atoms with Crippen LogP contribution in [0.1, 0.15) is 34.5 Å². The molecule has 1 amide bonds. The fraction of sp³-hybridized carbons (Fsp3) is 0.320. The molecule has 5 rings (SSSR count). The van der Waals surface area contributed by atoms with Gasteiger partial charge in [-0.15, -0.1) is 0 Å². The van der Waals surface area contributed by atoms with Crippen molar-refractivity contribution in [1.82, 2.24) is 14.9 Å². The number of amides is 1. The highest BCUT2D eigenvalue weighted by atomic mass is 19.1. The molecule has 0 spiro atoms. The van der Waals surface area contributed by atoms with E-state index in [1.165, 1.54) is 6.07 Å². The van der Waals surface area contributed by atoms with Gasteiger partial charge in [-0.25, -0.2) is 8.78 Å². The van der Waals surface area contributed by atoms with E-state index in [0.29, 0.717) is 50.1 Å². The third kappa shape index (κ3) is 4.57. The molecule has 1 fully saturated rings. The minimum absolute atomic E-state index is 0.00515. The Hall–Kier alpha value is -3.39. The van der Waals surface area contributed by atoms with Crippen molar-refractivity contribution in [1.29, 1.82) is 0 Å². The molecule has 0 aliphatic carbocycles. The summed E-state index contributed by atoms with van der Waals surface area (Å²) < 4.78 is 40.0. The van der Waals surface area contributed by atoms with Gasteiger partial charge in [-0.1, -0.05) is 0 Å². The summed E-state index contributed by atoms with van der Waals surface area (Å²) in [6.07, 6.45) is 6.74. The van der Waals surface area contributed by atoms with Gasteiger partial charge in [0.1, 0.15) is 11.9 Å². The summed E-state index contributed by atoms with van der Waals surface area (Å²) in [6.45, 7) is 1.53. The monoisotopic (exact) mass is 451 g/mol. The molecule has 0 unspecified atom stereocenters. The van der Waals surface area contributed by atoms with Gasteiger partial charge < -0.3 is 14.4 Å². The number of aromatic nitrogens is 2. The molecular formula is C25H23F2N3O3. The summed E-state index contributed by atoms with van der Waals surface area (Å²) in [5, 5.41) is 0. The van der Waals surface area contributed by atoms with E-state index in [4.69, 9.17) is 9.47 Å². The number of halogens is 2. The Morgan fingerprint density at radius 2 is 1.88 bits per heavy atom. The first kappa shape index (κ1) is 21.5. The Balaban J connectivity index is 1.41. The van der Waals surface area contributed by atoms with Crippen molar-refractivity contribution in [2.45, 2.75) is 31.9 Å². The van der Waals surface area contributed by atoms with Gasteiger partial charge >= 0.3 is 0 Å². The molecule has 1 aromatic carbocycles. The van der Waals surface area contributed by atoms with Gasteiger partial charge in [0, 0.05) is 68.1 Å². The minimum Gasteiger partial charge on any atom is -0.487 e. The molecule has 3 aromatic rings. The van der Waals surface area contributed by atoms with Crippen molar-refractivity contribution < 1.29 is 23.0 Å².